The lowest BCUT2D eigenvalue weighted by Crippen LogP contribution is -2.17. The average molecular weight is 273 g/mol. The van der Waals surface area contributed by atoms with Crippen LogP contribution < -0.4 is 10.1 Å². The Bertz CT molecular complexity index is 547. The highest BCUT2D eigenvalue weighted by atomic mass is 16.5. The minimum atomic E-state index is 0.567. The van der Waals surface area contributed by atoms with Crippen LogP contribution in [0.2, 0.25) is 0 Å². The fraction of sp³-hybridized carbons (Fsp3) is 0.467. The molecule has 20 heavy (non-hydrogen) atoms. The van der Waals surface area contributed by atoms with Crippen LogP contribution in [-0.4, -0.2) is 29.9 Å². The average Bonchev–Trinajstić information content (AvgIpc) is 3.20. The Morgan fingerprint density at radius 3 is 2.75 bits per heavy atom. The summed E-state index contributed by atoms with van der Waals surface area (Å²) >= 11 is 0. The molecule has 1 aliphatic carbocycles. The van der Waals surface area contributed by atoms with E-state index in [4.69, 9.17) is 9.15 Å². The summed E-state index contributed by atoms with van der Waals surface area (Å²) in [5.74, 6) is 2.09. The number of methoxy groups -OCH3 is 1. The summed E-state index contributed by atoms with van der Waals surface area (Å²) in [6.45, 7) is 1.02. The van der Waals surface area contributed by atoms with Crippen molar-refractivity contribution >= 4 is 0 Å². The van der Waals surface area contributed by atoms with E-state index in [1.165, 1.54) is 12.8 Å². The fourth-order valence-corrected chi connectivity index (χ4v) is 2.04. The lowest BCUT2D eigenvalue weighted by atomic mass is 10.2. The molecule has 1 fully saturated rings. The van der Waals surface area contributed by atoms with Gasteiger partial charge in [-0.2, -0.15) is 0 Å². The molecule has 0 bridgehead atoms. The summed E-state index contributed by atoms with van der Waals surface area (Å²) < 4.78 is 10.8. The SMILES string of the molecule is COc1ccc(-c2nnc(CCCNC3CC3)o2)cc1. The zero-order valence-electron chi connectivity index (χ0n) is 11.6. The molecule has 1 heterocycles. The zero-order valence-corrected chi connectivity index (χ0v) is 11.6. The maximum atomic E-state index is 5.68. The van der Waals surface area contributed by atoms with Gasteiger partial charge in [0.1, 0.15) is 5.75 Å². The van der Waals surface area contributed by atoms with Gasteiger partial charge < -0.3 is 14.5 Å². The van der Waals surface area contributed by atoms with Gasteiger partial charge in [0, 0.05) is 18.0 Å². The van der Waals surface area contributed by atoms with Gasteiger partial charge in [-0.15, -0.1) is 10.2 Å². The Hall–Kier alpha value is -1.88. The van der Waals surface area contributed by atoms with Crippen molar-refractivity contribution in [3.63, 3.8) is 0 Å². The van der Waals surface area contributed by atoms with Gasteiger partial charge in [-0.25, -0.2) is 0 Å². The highest BCUT2D eigenvalue weighted by Gasteiger charge is 2.19. The minimum Gasteiger partial charge on any atom is -0.497 e. The number of benzene rings is 1. The zero-order chi connectivity index (χ0) is 13.8. The van der Waals surface area contributed by atoms with Gasteiger partial charge in [-0.05, 0) is 50.1 Å². The molecule has 1 aliphatic rings. The molecule has 5 heteroatoms. The smallest absolute Gasteiger partial charge is 0.247 e. The summed E-state index contributed by atoms with van der Waals surface area (Å²) in [6.07, 6.45) is 4.49. The van der Waals surface area contributed by atoms with E-state index in [1.54, 1.807) is 7.11 Å². The van der Waals surface area contributed by atoms with Crippen molar-refractivity contribution in [2.45, 2.75) is 31.7 Å². The van der Waals surface area contributed by atoms with Crippen molar-refractivity contribution in [1.82, 2.24) is 15.5 Å². The van der Waals surface area contributed by atoms with Crippen LogP contribution in [0.1, 0.15) is 25.2 Å². The number of aryl methyl sites for hydroxylation is 1. The monoisotopic (exact) mass is 273 g/mol. The lowest BCUT2D eigenvalue weighted by molar-refractivity contribution is 0.415. The second-order valence-corrected chi connectivity index (χ2v) is 5.06. The largest absolute Gasteiger partial charge is 0.497 e. The molecule has 1 N–H and O–H groups in total. The van der Waals surface area contributed by atoms with Crippen LogP contribution in [0, 0.1) is 0 Å². The quantitative estimate of drug-likeness (QED) is 0.785. The van der Waals surface area contributed by atoms with E-state index in [-0.39, 0.29) is 0 Å². The third-order valence-electron chi connectivity index (χ3n) is 3.38. The number of rotatable bonds is 7. The van der Waals surface area contributed by atoms with E-state index in [0.717, 1.165) is 36.7 Å². The predicted molar refractivity (Wildman–Crippen MR) is 75.6 cm³/mol. The van der Waals surface area contributed by atoms with Crippen LogP contribution in [0.15, 0.2) is 28.7 Å². The van der Waals surface area contributed by atoms with Crippen LogP contribution >= 0.6 is 0 Å². The van der Waals surface area contributed by atoms with Crippen LogP contribution in [-0.2, 0) is 6.42 Å². The molecule has 0 unspecified atom stereocenters. The van der Waals surface area contributed by atoms with E-state index >= 15 is 0 Å². The first-order chi connectivity index (χ1) is 9.85. The number of ether oxygens (including phenoxy) is 1. The molecular formula is C15H19N3O2. The van der Waals surface area contributed by atoms with Crippen LogP contribution in [0.25, 0.3) is 11.5 Å². The number of aromatic nitrogens is 2. The minimum absolute atomic E-state index is 0.567. The summed E-state index contributed by atoms with van der Waals surface area (Å²) in [5.41, 5.74) is 0.917. The molecular weight excluding hydrogens is 254 g/mol. The highest BCUT2D eigenvalue weighted by Crippen LogP contribution is 2.21. The van der Waals surface area contributed by atoms with Crippen molar-refractivity contribution in [1.29, 1.82) is 0 Å². The maximum Gasteiger partial charge on any atom is 0.247 e. The standard InChI is InChI=1S/C15H19N3O2/c1-19-13-8-4-11(5-9-13)15-18-17-14(20-15)3-2-10-16-12-6-7-12/h4-5,8-9,12,16H,2-3,6-7,10H2,1H3. The third-order valence-corrected chi connectivity index (χ3v) is 3.38. The molecule has 0 amide bonds. The lowest BCUT2D eigenvalue weighted by Gasteiger charge is -2.00. The Kier molecular flexibility index (Phi) is 3.97. The number of hydrogen-bond donors (Lipinski definition) is 1. The molecule has 0 atom stereocenters. The first kappa shape index (κ1) is 13.1. The van der Waals surface area contributed by atoms with Crippen LogP contribution in [0.3, 0.4) is 0 Å². The second kappa shape index (κ2) is 6.05. The molecule has 0 aliphatic heterocycles. The van der Waals surface area contributed by atoms with Crippen LogP contribution in [0.4, 0.5) is 0 Å². The normalized spacial score (nSPS) is 14.4. The molecule has 0 radical (unpaired) electrons. The van der Waals surface area contributed by atoms with E-state index < -0.39 is 0 Å². The van der Waals surface area contributed by atoms with Gasteiger partial charge in [-0.1, -0.05) is 0 Å². The van der Waals surface area contributed by atoms with Crippen LogP contribution in [0.5, 0.6) is 5.75 Å². The number of nitrogens with zero attached hydrogens (tertiary/aromatic N) is 2. The Balaban J connectivity index is 1.54. The second-order valence-electron chi connectivity index (χ2n) is 5.06. The van der Waals surface area contributed by atoms with Gasteiger partial charge in [-0.3, -0.25) is 0 Å². The van der Waals surface area contributed by atoms with Crippen molar-refractivity contribution in [2.75, 3.05) is 13.7 Å². The van der Waals surface area contributed by atoms with Gasteiger partial charge in [0.2, 0.25) is 11.8 Å². The Morgan fingerprint density at radius 2 is 2.05 bits per heavy atom. The maximum absolute atomic E-state index is 5.68. The first-order valence-corrected chi connectivity index (χ1v) is 7.05. The summed E-state index contributed by atoms with van der Waals surface area (Å²) in [4.78, 5) is 0. The molecule has 0 spiro atoms. The van der Waals surface area contributed by atoms with Crippen molar-refractivity contribution < 1.29 is 9.15 Å². The Morgan fingerprint density at radius 1 is 1.25 bits per heavy atom. The first-order valence-electron chi connectivity index (χ1n) is 7.05. The molecule has 1 saturated carbocycles. The molecule has 5 nitrogen and oxygen atoms in total. The third kappa shape index (κ3) is 3.36. The topological polar surface area (TPSA) is 60.2 Å². The number of hydrogen-bond acceptors (Lipinski definition) is 5. The molecule has 0 saturated heterocycles. The summed E-state index contributed by atoms with van der Waals surface area (Å²) in [7, 11) is 1.65. The van der Waals surface area contributed by atoms with Gasteiger partial charge in [0.15, 0.2) is 0 Å². The Labute approximate surface area is 118 Å². The molecule has 1 aromatic carbocycles. The van der Waals surface area contributed by atoms with Gasteiger partial charge >= 0.3 is 0 Å². The van der Waals surface area contributed by atoms with Crippen molar-refractivity contribution in [3.8, 4) is 17.2 Å². The van der Waals surface area contributed by atoms with Crippen molar-refractivity contribution in [3.05, 3.63) is 30.2 Å². The van der Waals surface area contributed by atoms with E-state index in [0.29, 0.717) is 11.8 Å². The van der Waals surface area contributed by atoms with Gasteiger partial charge in [0.05, 0.1) is 7.11 Å². The highest BCUT2D eigenvalue weighted by molar-refractivity contribution is 5.53. The van der Waals surface area contributed by atoms with Gasteiger partial charge in [0.25, 0.3) is 0 Å². The molecule has 106 valence electrons. The predicted octanol–water partition coefficient (Wildman–Crippen LogP) is 2.43. The summed E-state index contributed by atoms with van der Waals surface area (Å²) in [5, 5.41) is 11.7. The van der Waals surface area contributed by atoms with E-state index in [9.17, 15) is 0 Å². The fourth-order valence-electron chi connectivity index (χ4n) is 2.04. The van der Waals surface area contributed by atoms with Crippen molar-refractivity contribution in [2.24, 2.45) is 0 Å². The molecule has 3 rings (SSSR count). The van der Waals surface area contributed by atoms with E-state index in [2.05, 4.69) is 15.5 Å². The number of nitrogens with one attached hydrogen (secondary N) is 1. The molecule has 2 aromatic rings. The summed E-state index contributed by atoms with van der Waals surface area (Å²) in [6, 6.07) is 8.38. The molecule has 1 aromatic heterocycles. The van der Waals surface area contributed by atoms with E-state index in [1.807, 2.05) is 24.3 Å².